The van der Waals surface area contributed by atoms with Crippen LogP contribution in [0.25, 0.3) is 0 Å². The second-order valence-electron chi connectivity index (χ2n) is 7.76. The molecule has 0 N–H and O–H groups in total. The summed E-state index contributed by atoms with van der Waals surface area (Å²) in [5.41, 5.74) is 2.91. The Morgan fingerprint density at radius 1 is 1.19 bits per heavy atom. The van der Waals surface area contributed by atoms with E-state index >= 15 is 0 Å². The highest BCUT2D eigenvalue weighted by atomic mass is 16.5. The first kappa shape index (κ1) is 18.2. The molecule has 2 aromatic heterocycles. The lowest BCUT2D eigenvalue weighted by atomic mass is 9.85. The highest BCUT2D eigenvalue weighted by Gasteiger charge is 2.32. The summed E-state index contributed by atoms with van der Waals surface area (Å²) in [6.45, 7) is 1.97. The summed E-state index contributed by atoms with van der Waals surface area (Å²) in [5, 5.41) is 4.65. The summed E-state index contributed by atoms with van der Waals surface area (Å²) in [6, 6.07) is 3.92. The standard InChI is InChI=1S/C21H28N4O2/c1-24-14-19(20(23-24)17-5-3-2-4-6-17)21(26)25-12-9-18(13-25)27-15-16-7-10-22-11-8-16/h7-8,10-11,14,17-18H,2-6,9,12-13,15H2,1H3. The monoisotopic (exact) mass is 368 g/mol. The summed E-state index contributed by atoms with van der Waals surface area (Å²) in [7, 11) is 1.91. The Morgan fingerprint density at radius 2 is 1.96 bits per heavy atom. The minimum Gasteiger partial charge on any atom is -0.372 e. The molecule has 2 aromatic rings. The molecule has 27 heavy (non-hydrogen) atoms. The molecule has 1 aliphatic carbocycles. The number of hydrogen-bond donors (Lipinski definition) is 0. The average Bonchev–Trinajstić information content (AvgIpc) is 3.34. The number of aromatic nitrogens is 3. The van der Waals surface area contributed by atoms with E-state index < -0.39 is 0 Å². The molecule has 2 fully saturated rings. The second-order valence-corrected chi connectivity index (χ2v) is 7.76. The van der Waals surface area contributed by atoms with Gasteiger partial charge < -0.3 is 9.64 Å². The maximum Gasteiger partial charge on any atom is 0.257 e. The normalized spacial score (nSPS) is 20.9. The maximum atomic E-state index is 13.2. The molecular weight excluding hydrogens is 340 g/mol. The molecule has 6 nitrogen and oxygen atoms in total. The zero-order valence-electron chi connectivity index (χ0n) is 16.0. The van der Waals surface area contributed by atoms with Gasteiger partial charge in [0.15, 0.2) is 0 Å². The van der Waals surface area contributed by atoms with E-state index in [-0.39, 0.29) is 12.0 Å². The third-order valence-electron chi connectivity index (χ3n) is 5.75. The van der Waals surface area contributed by atoms with Gasteiger partial charge in [0.25, 0.3) is 5.91 Å². The van der Waals surface area contributed by atoms with Gasteiger partial charge >= 0.3 is 0 Å². The molecule has 0 radical (unpaired) electrons. The molecule has 0 bridgehead atoms. The van der Waals surface area contributed by atoms with Gasteiger partial charge in [-0.25, -0.2) is 0 Å². The van der Waals surface area contributed by atoms with Crippen LogP contribution in [-0.2, 0) is 18.4 Å². The Hall–Kier alpha value is -2.21. The number of likely N-dealkylation sites (tertiary alicyclic amines) is 1. The fraction of sp³-hybridized carbons (Fsp3) is 0.571. The van der Waals surface area contributed by atoms with Gasteiger partial charge in [0.2, 0.25) is 0 Å². The molecule has 2 aliphatic rings. The molecule has 6 heteroatoms. The van der Waals surface area contributed by atoms with Crippen LogP contribution in [0.4, 0.5) is 0 Å². The van der Waals surface area contributed by atoms with E-state index in [0.29, 0.717) is 19.1 Å². The van der Waals surface area contributed by atoms with Crippen molar-refractivity contribution in [1.29, 1.82) is 0 Å². The van der Waals surface area contributed by atoms with Crippen molar-refractivity contribution < 1.29 is 9.53 Å². The van der Waals surface area contributed by atoms with E-state index in [9.17, 15) is 4.79 Å². The van der Waals surface area contributed by atoms with E-state index in [2.05, 4.69) is 10.1 Å². The molecule has 1 amide bonds. The minimum absolute atomic E-state index is 0.0944. The number of carbonyl (C=O) groups excluding carboxylic acids is 1. The fourth-order valence-corrected chi connectivity index (χ4v) is 4.26. The van der Waals surface area contributed by atoms with E-state index in [1.807, 2.05) is 30.3 Å². The van der Waals surface area contributed by atoms with E-state index in [1.54, 1.807) is 17.1 Å². The van der Waals surface area contributed by atoms with Crippen LogP contribution in [0.3, 0.4) is 0 Å². The summed E-state index contributed by atoms with van der Waals surface area (Å²) >= 11 is 0. The van der Waals surface area contributed by atoms with E-state index in [4.69, 9.17) is 4.74 Å². The fourth-order valence-electron chi connectivity index (χ4n) is 4.26. The topological polar surface area (TPSA) is 60.2 Å². The van der Waals surface area contributed by atoms with Crippen molar-refractivity contribution in [2.75, 3.05) is 13.1 Å². The summed E-state index contributed by atoms with van der Waals surface area (Å²) < 4.78 is 7.81. The van der Waals surface area contributed by atoms with Crippen molar-refractivity contribution in [2.45, 2.75) is 57.2 Å². The molecule has 0 aromatic carbocycles. The number of carbonyl (C=O) groups is 1. The minimum atomic E-state index is 0.0944. The number of pyridine rings is 1. The van der Waals surface area contributed by atoms with Crippen LogP contribution in [0, 0.1) is 0 Å². The third kappa shape index (κ3) is 4.21. The van der Waals surface area contributed by atoms with Crippen molar-refractivity contribution in [3.63, 3.8) is 0 Å². The maximum absolute atomic E-state index is 13.2. The van der Waals surface area contributed by atoms with Crippen LogP contribution >= 0.6 is 0 Å². The molecule has 1 aliphatic heterocycles. The SMILES string of the molecule is Cn1cc(C(=O)N2CCC(OCc3ccncc3)C2)c(C2CCCCC2)n1. The van der Waals surface area contributed by atoms with Gasteiger partial charge in [-0.1, -0.05) is 19.3 Å². The van der Waals surface area contributed by atoms with Crippen molar-refractivity contribution in [3.05, 3.63) is 47.5 Å². The number of hydrogen-bond acceptors (Lipinski definition) is 4. The van der Waals surface area contributed by atoms with Crippen molar-refractivity contribution in [1.82, 2.24) is 19.7 Å². The molecule has 1 saturated heterocycles. The van der Waals surface area contributed by atoms with Gasteiger partial charge in [-0.3, -0.25) is 14.5 Å². The lowest BCUT2D eigenvalue weighted by Gasteiger charge is -2.22. The first-order chi connectivity index (χ1) is 13.2. The Labute approximate surface area is 160 Å². The number of aryl methyl sites for hydroxylation is 1. The van der Waals surface area contributed by atoms with Gasteiger partial charge in [0.05, 0.1) is 24.0 Å². The molecule has 1 atom stereocenters. The van der Waals surface area contributed by atoms with Crippen molar-refractivity contribution >= 4 is 5.91 Å². The van der Waals surface area contributed by atoms with Gasteiger partial charge in [-0.05, 0) is 37.0 Å². The number of amides is 1. The predicted octanol–water partition coefficient (Wildman–Crippen LogP) is 3.29. The molecule has 0 spiro atoms. The van der Waals surface area contributed by atoms with E-state index in [0.717, 1.165) is 42.6 Å². The second kappa shape index (κ2) is 8.21. The zero-order valence-corrected chi connectivity index (χ0v) is 16.0. The van der Waals surface area contributed by atoms with Crippen molar-refractivity contribution in [2.24, 2.45) is 7.05 Å². The number of rotatable bonds is 5. The van der Waals surface area contributed by atoms with Crippen LogP contribution in [-0.4, -0.2) is 44.8 Å². The third-order valence-corrected chi connectivity index (χ3v) is 5.75. The molecular formula is C21H28N4O2. The van der Waals surface area contributed by atoms with Crippen LogP contribution in [0.5, 0.6) is 0 Å². The Bertz CT molecular complexity index is 768. The molecule has 4 rings (SSSR count). The van der Waals surface area contributed by atoms with Crippen LogP contribution < -0.4 is 0 Å². The first-order valence-electron chi connectivity index (χ1n) is 10.0. The largest absolute Gasteiger partial charge is 0.372 e. The summed E-state index contributed by atoms with van der Waals surface area (Å²) in [4.78, 5) is 19.1. The van der Waals surface area contributed by atoms with E-state index in [1.165, 1.54) is 19.3 Å². The Balaban J connectivity index is 1.39. The molecule has 144 valence electrons. The smallest absolute Gasteiger partial charge is 0.257 e. The van der Waals surface area contributed by atoms with Crippen LogP contribution in [0.15, 0.2) is 30.7 Å². The van der Waals surface area contributed by atoms with Gasteiger partial charge in [0.1, 0.15) is 0 Å². The summed E-state index contributed by atoms with van der Waals surface area (Å²) in [5.74, 6) is 0.541. The van der Waals surface area contributed by atoms with Gasteiger partial charge in [0, 0.05) is 44.6 Å². The molecule has 1 saturated carbocycles. The zero-order chi connectivity index (χ0) is 18.6. The highest BCUT2D eigenvalue weighted by Crippen LogP contribution is 2.34. The molecule has 3 heterocycles. The summed E-state index contributed by atoms with van der Waals surface area (Å²) in [6.07, 6.45) is 12.5. The van der Waals surface area contributed by atoms with Crippen molar-refractivity contribution in [3.8, 4) is 0 Å². The van der Waals surface area contributed by atoms with Crippen LogP contribution in [0.2, 0.25) is 0 Å². The first-order valence-corrected chi connectivity index (χ1v) is 10.0. The predicted molar refractivity (Wildman–Crippen MR) is 102 cm³/mol. The number of ether oxygens (including phenoxy) is 1. The lowest BCUT2D eigenvalue weighted by molar-refractivity contribution is 0.0437. The Morgan fingerprint density at radius 3 is 2.74 bits per heavy atom. The highest BCUT2D eigenvalue weighted by molar-refractivity contribution is 5.95. The van der Waals surface area contributed by atoms with Gasteiger partial charge in [-0.15, -0.1) is 0 Å². The van der Waals surface area contributed by atoms with Gasteiger partial charge in [-0.2, -0.15) is 5.10 Å². The number of nitrogens with zero attached hydrogens (tertiary/aromatic N) is 4. The lowest BCUT2D eigenvalue weighted by Crippen LogP contribution is -2.31. The quantitative estimate of drug-likeness (QED) is 0.812. The average molecular weight is 368 g/mol. The molecule has 1 unspecified atom stereocenters. The van der Waals surface area contributed by atoms with Crippen LogP contribution in [0.1, 0.15) is 66.1 Å². The Kier molecular flexibility index (Phi) is 5.53.